The summed E-state index contributed by atoms with van der Waals surface area (Å²) in [7, 11) is 1.67. The van der Waals surface area contributed by atoms with Crippen molar-refractivity contribution >= 4 is 11.8 Å². The Morgan fingerprint density at radius 2 is 2.14 bits per heavy atom. The lowest BCUT2D eigenvalue weighted by atomic mass is 10.1. The predicted molar refractivity (Wildman–Crippen MR) is 85.8 cm³/mol. The van der Waals surface area contributed by atoms with E-state index in [1.807, 2.05) is 17.8 Å². The van der Waals surface area contributed by atoms with Gasteiger partial charge >= 0.3 is 0 Å². The quantitative estimate of drug-likeness (QED) is 0.905. The van der Waals surface area contributed by atoms with Gasteiger partial charge < -0.3 is 19.5 Å². The highest BCUT2D eigenvalue weighted by Crippen LogP contribution is 2.40. The lowest BCUT2D eigenvalue weighted by Crippen LogP contribution is -2.33. The smallest absolute Gasteiger partial charge is 0.203 e. The monoisotopic (exact) mass is 309 g/mol. The van der Waals surface area contributed by atoms with Crippen LogP contribution < -0.4 is 19.5 Å². The molecule has 21 heavy (non-hydrogen) atoms. The summed E-state index contributed by atoms with van der Waals surface area (Å²) in [4.78, 5) is 0. The lowest BCUT2D eigenvalue weighted by Gasteiger charge is -2.23. The number of hydrogen-bond donors (Lipinski definition) is 1. The van der Waals surface area contributed by atoms with Gasteiger partial charge in [-0.3, -0.25) is 0 Å². The number of benzene rings is 1. The van der Waals surface area contributed by atoms with Crippen molar-refractivity contribution in [2.24, 2.45) is 0 Å². The first-order valence-electron chi connectivity index (χ1n) is 7.54. The molecule has 1 aromatic carbocycles. The average molecular weight is 309 g/mol. The van der Waals surface area contributed by atoms with Crippen molar-refractivity contribution in [3.8, 4) is 17.2 Å². The summed E-state index contributed by atoms with van der Waals surface area (Å²) in [6, 6.07) is 4.72. The van der Waals surface area contributed by atoms with Crippen LogP contribution in [-0.4, -0.2) is 37.9 Å². The van der Waals surface area contributed by atoms with Crippen LogP contribution in [0.4, 0.5) is 0 Å². The van der Waals surface area contributed by atoms with Crippen molar-refractivity contribution < 1.29 is 14.2 Å². The SMILES string of the molecule is COc1cc(CNC2CCCC2SC)cc2c1OCCO2. The molecule has 1 aliphatic carbocycles. The highest BCUT2D eigenvalue weighted by Gasteiger charge is 2.26. The second kappa shape index (κ2) is 6.79. The fraction of sp³-hybridized carbons (Fsp3) is 0.625. The minimum Gasteiger partial charge on any atom is -0.493 e. The number of fused-ring (bicyclic) bond motifs is 1. The third kappa shape index (κ3) is 3.24. The van der Waals surface area contributed by atoms with Crippen LogP contribution in [0.3, 0.4) is 0 Å². The summed E-state index contributed by atoms with van der Waals surface area (Å²) in [6.07, 6.45) is 6.13. The maximum absolute atomic E-state index is 5.68. The molecule has 2 unspecified atom stereocenters. The van der Waals surface area contributed by atoms with E-state index in [4.69, 9.17) is 14.2 Å². The molecule has 0 bridgehead atoms. The Hall–Kier alpha value is -1.07. The molecule has 0 aromatic heterocycles. The first kappa shape index (κ1) is 14.9. The zero-order valence-corrected chi connectivity index (χ0v) is 13.5. The fourth-order valence-electron chi connectivity index (χ4n) is 3.12. The van der Waals surface area contributed by atoms with Gasteiger partial charge in [-0.15, -0.1) is 0 Å². The first-order chi connectivity index (χ1) is 10.3. The maximum atomic E-state index is 5.68. The molecule has 2 atom stereocenters. The molecule has 0 radical (unpaired) electrons. The minimum atomic E-state index is 0.582. The molecule has 0 amide bonds. The highest BCUT2D eigenvalue weighted by atomic mass is 32.2. The van der Waals surface area contributed by atoms with Crippen LogP contribution in [0.1, 0.15) is 24.8 Å². The molecule has 3 rings (SSSR count). The predicted octanol–water partition coefficient (Wildman–Crippen LogP) is 2.84. The zero-order valence-electron chi connectivity index (χ0n) is 12.7. The summed E-state index contributed by atoms with van der Waals surface area (Å²) in [5.74, 6) is 2.29. The summed E-state index contributed by atoms with van der Waals surface area (Å²) >= 11 is 1.97. The highest BCUT2D eigenvalue weighted by molar-refractivity contribution is 7.99. The molecule has 1 N–H and O–H groups in total. The van der Waals surface area contributed by atoms with Crippen LogP contribution in [0.25, 0.3) is 0 Å². The van der Waals surface area contributed by atoms with Gasteiger partial charge in [-0.05, 0) is 36.8 Å². The molecule has 0 spiro atoms. The number of hydrogen-bond acceptors (Lipinski definition) is 5. The van der Waals surface area contributed by atoms with Gasteiger partial charge in [-0.1, -0.05) is 6.42 Å². The summed E-state index contributed by atoms with van der Waals surface area (Å²) < 4.78 is 16.8. The van der Waals surface area contributed by atoms with Gasteiger partial charge in [0, 0.05) is 17.8 Å². The Kier molecular flexibility index (Phi) is 4.80. The van der Waals surface area contributed by atoms with Crippen molar-refractivity contribution in [1.82, 2.24) is 5.32 Å². The van der Waals surface area contributed by atoms with Crippen LogP contribution in [0, 0.1) is 0 Å². The molecule has 1 saturated carbocycles. The third-order valence-corrected chi connectivity index (χ3v) is 5.38. The molecule has 2 aliphatic rings. The van der Waals surface area contributed by atoms with Gasteiger partial charge in [0.05, 0.1) is 7.11 Å². The molecule has 5 heteroatoms. The standard InChI is InChI=1S/C16H23NO3S/c1-18-13-8-11(9-14-16(13)20-7-6-19-14)10-17-12-4-3-5-15(12)21-2/h8-9,12,15,17H,3-7,10H2,1-2H3. The van der Waals surface area contributed by atoms with Crippen molar-refractivity contribution in [1.29, 1.82) is 0 Å². The fourth-order valence-corrected chi connectivity index (χ4v) is 4.08. The lowest BCUT2D eigenvalue weighted by molar-refractivity contribution is 0.165. The van der Waals surface area contributed by atoms with E-state index in [0.29, 0.717) is 19.3 Å². The Labute approximate surface area is 130 Å². The number of nitrogens with one attached hydrogen (secondary N) is 1. The summed E-state index contributed by atoms with van der Waals surface area (Å²) in [5.41, 5.74) is 1.18. The Morgan fingerprint density at radius 3 is 2.95 bits per heavy atom. The van der Waals surface area contributed by atoms with Crippen LogP contribution in [0.5, 0.6) is 17.2 Å². The van der Waals surface area contributed by atoms with Gasteiger partial charge in [0.15, 0.2) is 11.5 Å². The first-order valence-corrected chi connectivity index (χ1v) is 8.83. The number of methoxy groups -OCH3 is 1. The molecular formula is C16H23NO3S. The topological polar surface area (TPSA) is 39.7 Å². The van der Waals surface area contributed by atoms with Crippen molar-refractivity contribution in [2.45, 2.75) is 37.1 Å². The second-order valence-electron chi connectivity index (χ2n) is 5.51. The van der Waals surface area contributed by atoms with Crippen LogP contribution in [0.2, 0.25) is 0 Å². The van der Waals surface area contributed by atoms with E-state index in [1.165, 1.54) is 24.8 Å². The molecule has 1 fully saturated rings. The van der Waals surface area contributed by atoms with E-state index in [-0.39, 0.29) is 0 Å². The summed E-state index contributed by atoms with van der Waals surface area (Å²) in [6.45, 7) is 2.03. The Morgan fingerprint density at radius 1 is 1.29 bits per heavy atom. The van der Waals surface area contributed by atoms with Crippen LogP contribution in [0.15, 0.2) is 12.1 Å². The van der Waals surface area contributed by atoms with E-state index in [9.17, 15) is 0 Å². The van der Waals surface area contributed by atoms with Crippen LogP contribution in [-0.2, 0) is 6.54 Å². The number of thioether (sulfide) groups is 1. The largest absolute Gasteiger partial charge is 0.493 e. The second-order valence-corrected chi connectivity index (χ2v) is 6.59. The maximum Gasteiger partial charge on any atom is 0.203 e. The van der Waals surface area contributed by atoms with E-state index in [1.54, 1.807) is 7.11 Å². The average Bonchev–Trinajstić information content (AvgIpc) is 2.99. The van der Waals surface area contributed by atoms with Crippen molar-refractivity contribution in [2.75, 3.05) is 26.6 Å². The normalized spacial score (nSPS) is 24.1. The molecule has 1 heterocycles. The van der Waals surface area contributed by atoms with Gasteiger partial charge in [-0.2, -0.15) is 11.8 Å². The minimum absolute atomic E-state index is 0.582. The van der Waals surface area contributed by atoms with E-state index < -0.39 is 0 Å². The van der Waals surface area contributed by atoms with Gasteiger partial charge in [0.2, 0.25) is 5.75 Å². The molecule has 1 aliphatic heterocycles. The van der Waals surface area contributed by atoms with Crippen molar-refractivity contribution in [3.63, 3.8) is 0 Å². The Balaban J connectivity index is 1.70. The molecule has 1 aromatic rings. The molecule has 0 saturated heterocycles. The number of rotatable bonds is 5. The molecular weight excluding hydrogens is 286 g/mol. The number of ether oxygens (including phenoxy) is 3. The zero-order chi connectivity index (χ0) is 14.7. The van der Waals surface area contributed by atoms with E-state index >= 15 is 0 Å². The Bertz CT molecular complexity index is 477. The van der Waals surface area contributed by atoms with Gasteiger partial charge in [0.1, 0.15) is 13.2 Å². The van der Waals surface area contributed by atoms with Crippen LogP contribution >= 0.6 is 11.8 Å². The van der Waals surface area contributed by atoms with E-state index in [2.05, 4.69) is 17.6 Å². The van der Waals surface area contributed by atoms with Gasteiger partial charge in [0.25, 0.3) is 0 Å². The van der Waals surface area contributed by atoms with Crippen molar-refractivity contribution in [3.05, 3.63) is 17.7 Å². The molecule has 4 nitrogen and oxygen atoms in total. The third-order valence-electron chi connectivity index (χ3n) is 4.21. The van der Waals surface area contributed by atoms with E-state index in [0.717, 1.165) is 29.0 Å². The van der Waals surface area contributed by atoms with Gasteiger partial charge in [-0.25, -0.2) is 0 Å². The molecule has 116 valence electrons. The summed E-state index contributed by atoms with van der Waals surface area (Å²) in [5, 5.41) is 4.42.